The highest BCUT2D eigenvalue weighted by Gasteiger charge is 2.26. The van der Waals surface area contributed by atoms with E-state index in [2.05, 4.69) is 5.32 Å². The number of carbonyl (C=O) groups excluding carboxylic acids is 1. The smallest absolute Gasteiger partial charge is 0.326 e. The summed E-state index contributed by atoms with van der Waals surface area (Å²) < 4.78 is 9.69. The molecule has 7 nitrogen and oxygen atoms in total. The van der Waals surface area contributed by atoms with E-state index in [-0.39, 0.29) is 19.6 Å². The van der Waals surface area contributed by atoms with E-state index in [0.29, 0.717) is 6.61 Å². The number of hydrogen-bond acceptors (Lipinski definition) is 5. The predicted octanol–water partition coefficient (Wildman–Crippen LogP) is -0.231. The van der Waals surface area contributed by atoms with Gasteiger partial charge < -0.3 is 19.9 Å². The van der Waals surface area contributed by atoms with Crippen LogP contribution in [0, 0.1) is 17.2 Å². The first-order valence-electron chi connectivity index (χ1n) is 5.48. The van der Waals surface area contributed by atoms with Crippen molar-refractivity contribution in [3.05, 3.63) is 0 Å². The van der Waals surface area contributed by atoms with Gasteiger partial charge in [0.2, 0.25) is 5.91 Å². The molecule has 0 fully saturated rings. The Morgan fingerprint density at radius 2 is 2.11 bits per heavy atom. The second-order valence-corrected chi connectivity index (χ2v) is 3.77. The van der Waals surface area contributed by atoms with Crippen molar-refractivity contribution >= 4 is 11.9 Å². The third kappa shape index (κ3) is 6.83. The van der Waals surface area contributed by atoms with Crippen molar-refractivity contribution in [2.24, 2.45) is 5.92 Å². The average molecular weight is 258 g/mol. The third-order valence-corrected chi connectivity index (χ3v) is 2.23. The van der Waals surface area contributed by atoms with E-state index >= 15 is 0 Å². The van der Waals surface area contributed by atoms with E-state index < -0.39 is 23.8 Å². The van der Waals surface area contributed by atoms with Crippen LogP contribution in [0.1, 0.15) is 13.3 Å². The molecule has 0 radical (unpaired) electrons. The molecular weight excluding hydrogens is 240 g/mol. The first-order chi connectivity index (χ1) is 8.52. The van der Waals surface area contributed by atoms with Gasteiger partial charge in [0.15, 0.2) is 0 Å². The lowest BCUT2D eigenvalue weighted by Crippen LogP contribution is -2.46. The maximum Gasteiger partial charge on any atom is 0.326 e. The van der Waals surface area contributed by atoms with E-state index in [1.165, 1.54) is 7.11 Å². The summed E-state index contributed by atoms with van der Waals surface area (Å²) in [6.07, 6.45) is 0.0573. The second kappa shape index (κ2) is 9.39. The topological polar surface area (TPSA) is 109 Å². The zero-order valence-electron chi connectivity index (χ0n) is 10.5. The van der Waals surface area contributed by atoms with Crippen LogP contribution in [0.25, 0.3) is 0 Å². The molecule has 0 saturated heterocycles. The fraction of sp³-hybridized carbons (Fsp3) is 0.727. The summed E-state index contributed by atoms with van der Waals surface area (Å²) >= 11 is 0. The van der Waals surface area contributed by atoms with Crippen LogP contribution in [0.2, 0.25) is 0 Å². The SMILES string of the molecule is COCCOCC(=O)N[C@H](C(=O)O)[C@H](C)CC#N. The Hall–Kier alpha value is -1.65. The fourth-order valence-corrected chi connectivity index (χ4v) is 1.23. The molecule has 0 unspecified atom stereocenters. The molecule has 2 atom stereocenters. The van der Waals surface area contributed by atoms with Crippen LogP contribution in [0.3, 0.4) is 0 Å². The van der Waals surface area contributed by atoms with E-state index in [9.17, 15) is 9.59 Å². The molecule has 2 N–H and O–H groups in total. The number of nitrogens with one attached hydrogen (secondary N) is 1. The Morgan fingerprint density at radius 1 is 1.44 bits per heavy atom. The zero-order valence-corrected chi connectivity index (χ0v) is 10.5. The molecule has 0 aromatic carbocycles. The largest absolute Gasteiger partial charge is 0.480 e. The molecular formula is C11H18N2O5. The van der Waals surface area contributed by atoms with Crippen molar-refractivity contribution in [1.82, 2.24) is 5.32 Å². The van der Waals surface area contributed by atoms with Crippen LogP contribution in [-0.4, -0.2) is 50.0 Å². The van der Waals surface area contributed by atoms with Crippen LogP contribution in [-0.2, 0) is 19.1 Å². The lowest BCUT2D eigenvalue weighted by Gasteiger charge is -2.19. The number of hydrogen-bond donors (Lipinski definition) is 2. The highest BCUT2D eigenvalue weighted by molar-refractivity contribution is 5.84. The van der Waals surface area contributed by atoms with Gasteiger partial charge in [0.1, 0.15) is 12.6 Å². The van der Waals surface area contributed by atoms with Crippen LogP contribution < -0.4 is 5.32 Å². The van der Waals surface area contributed by atoms with E-state index in [0.717, 1.165) is 0 Å². The summed E-state index contributed by atoms with van der Waals surface area (Å²) in [5, 5.41) is 19.8. The minimum Gasteiger partial charge on any atom is -0.480 e. The number of carbonyl (C=O) groups is 2. The number of nitrogens with zero attached hydrogens (tertiary/aromatic N) is 1. The first-order valence-corrected chi connectivity index (χ1v) is 5.48. The number of amides is 1. The standard InChI is InChI=1S/C11H18N2O5/c1-8(3-4-12)10(11(15)16)13-9(14)7-18-6-5-17-2/h8,10H,3,5-7H2,1-2H3,(H,13,14)(H,15,16)/t8-,10+/m1/s1. The van der Waals surface area contributed by atoms with Crippen LogP contribution in [0.5, 0.6) is 0 Å². The van der Waals surface area contributed by atoms with Gasteiger partial charge in [0.05, 0.1) is 19.3 Å². The van der Waals surface area contributed by atoms with Crippen molar-refractivity contribution in [1.29, 1.82) is 5.26 Å². The van der Waals surface area contributed by atoms with Gasteiger partial charge in [0.25, 0.3) is 0 Å². The molecule has 0 aliphatic rings. The van der Waals surface area contributed by atoms with Gasteiger partial charge in [-0.25, -0.2) is 4.79 Å². The molecule has 0 aliphatic heterocycles. The van der Waals surface area contributed by atoms with Crippen molar-refractivity contribution in [2.45, 2.75) is 19.4 Å². The fourth-order valence-electron chi connectivity index (χ4n) is 1.23. The number of carboxylic acids is 1. The molecule has 1 amide bonds. The summed E-state index contributed by atoms with van der Waals surface area (Å²) in [5.41, 5.74) is 0. The summed E-state index contributed by atoms with van der Waals surface area (Å²) in [6.45, 7) is 1.98. The highest BCUT2D eigenvalue weighted by Crippen LogP contribution is 2.07. The molecule has 0 heterocycles. The Bertz CT molecular complexity index is 313. The van der Waals surface area contributed by atoms with Crippen molar-refractivity contribution < 1.29 is 24.2 Å². The molecule has 0 aliphatic carbocycles. The lowest BCUT2D eigenvalue weighted by atomic mass is 9.99. The molecule has 0 rings (SSSR count). The summed E-state index contributed by atoms with van der Waals surface area (Å²) in [7, 11) is 1.51. The maximum atomic E-state index is 11.4. The van der Waals surface area contributed by atoms with Crippen LogP contribution in [0.15, 0.2) is 0 Å². The van der Waals surface area contributed by atoms with Gasteiger partial charge in [-0.05, 0) is 0 Å². The van der Waals surface area contributed by atoms with Crippen molar-refractivity contribution in [2.75, 3.05) is 26.9 Å². The molecule has 7 heteroatoms. The molecule has 0 spiro atoms. The van der Waals surface area contributed by atoms with Gasteiger partial charge in [-0.2, -0.15) is 5.26 Å². The third-order valence-electron chi connectivity index (χ3n) is 2.23. The quantitative estimate of drug-likeness (QED) is 0.553. The van der Waals surface area contributed by atoms with E-state index in [1.54, 1.807) is 6.92 Å². The molecule has 0 saturated carbocycles. The summed E-state index contributed by atoms with van der Waals surface area (Å²) in [5.74, 6) is -2.15. The Kier molecular flexibility index (Phi) is 8.53. The number of carboxylic acid groups (broad SMARTS) is 1. The summed E-state index contributed by atoms with van der Waals surface area (Å²) in [6, 6.07) is 0.793. The molecule has 18 heavy (non-hydrogen) atoms. The predicted molar refractivity (Wildman–Crippen MR) is 61.7 cm³/mol. The van der Waals surface area contributed by atoms with E-state index in [4.69, 9.17) is 19.8 Å². The number of methoxy groups -OCH3 is 1. The van der Waals surface area contributed by atoms with Gasteiger partial charge >= 0.3 is 5.97 Å². The zero-order chi connectivity index (χ0) is 14.0. The van der Waals surface area contributed by atoms with E-state index in [1.807, 2.05) is 6.07 Å². The number of aliphatic carboxylic acids is 1. The minimum absolute atomic E-state index is 0.0573. The monoisotopic (exact) mass is 258 g/mol. The van der Waals surface area contributed by atoms with Gasteiger partial charge in [-0.3, -0.25) is 4.79 Å². The highest BCUT2D eigenvalue weighted by atomic mass is 16.5. The second-order valence-electron chi connectivity index (χ2n) is 3.77. The minimum atomic E-state index is -1.16. The number of rotatable bonds is 9. The number of nitriles is 1. The van der Waals surface area contributed by atoms with Crippen molar-refractivity contribution in [3.63, 3.8) is 0 Å². The molecule has 0 aromatic rings. The maximum absolute atomic E-state index is 11.4. The molecule has 102 valence electrons. The van der Waals surface area contributed by atoms with Crippen LogP contribution >= 0.6 is 0 Å². The average Bonchev–Trinajstić information content (AvgIpc) is 2.31. The normalized spacial score (nSPS) is 13.4. The van der Waals surface area contributed by atoms with Crippen LogP contribution in [0.4, 0.5) is 0 Å². The molecule has 0 aromatic heterocycles. The Labute approximate surface area is 106 Å². The Balaban J connectivity index is 4.13. The van der Waals surface area contributed by atoms with Crippen molar-refractivity contribution in [3.8, 4) is 6.07 Å². The first kappa shape index (κ1) is 16.4. The Morgan fingerprint density at radius 3 is 2.61 bits per heavy atom. The van der Waals surface area contributed by atoms with Gasteiger partial charge in [-0.15, -0.1) is 0 Å². The molecule has 0 bridgehead atoms. The summed E-state index contributed by atoms with van der Waals surface area (Å²) in [4.78, 5) is 22.3. The van der Waals surface area contributed by atoms with Gasteiger partial charge in [-0.1, -0.05) is 6.92 Å². The number of ether oxygens (including phenoxy) is 2. The lowest BCUT2D eigenvalue weighted by molar-refractivity contribution is -0.144. The van der Waals surface area contributed by atoms with Gasteiger partial charge in [0, 0.05) is 19.4 Å².